The monoisotopic (exact) mass is 352 g/mol. The van der Waals surface area contributed by atoms with Gasteiger partial charge < -0.3 is 4.74 Å². The molecule has 4 aromatic carbocycles. The second-order valence-corrected chi connectivity index (χ2v) is 7.38. The second kappa shape index (κ2) is 5.95. The Morgan fingerprint density at radius 2 is 1.22 bits per heavy atom. The first-order valence-electron chi connectivity index (χ1n) is 9.38. The Bertz CT molecular complexity index is 1090. The van der Waals surface area contributed by atoms with Crippen LogP contribution in [-0.2, 0) is 14.9 Å². The molecule has 1 atom stereocenters. The van der Waals surface area contributed by atoms with Gasteiger partial charge in [0.1, 0.15) is 11.5 Å². The smallest absolute Gasteiger partial charge is 0.321 e. The highest BCUT2D eigenvalue weighted by molar-refractivity contribution is 6.01. The number of hydrogen-bond donors (Lipinski definition) is 0. The first kappa shape index (κ1) is 16.1. The normalized spacial score (nSPS) is 18.7. The number of ether oxygens (including phenoxy) is 1. The Morgan fingerprint density at radius 1 is 0.741 bits per heavy atom. The Kier molecular flexibility index (Phi) is 3.54. The van der Waals surface area contributed by atoms with Gasteiger partial charge in [0, 0.05) is 6.42 Å². The third-order valence-corrected chi connectivity index (χ3v) is 5.75. The maximum Gasteiger partial charge on any atom is 0.321 e. The average Bonchev–Trinajstić information content (AvgIpc) is 3.01. The van der Waals surface area contributed by atoms with Crippen molar-refractivity contribution < 1.29 is 9.53 Å². The number of carbonyl (C=O) groups is 1. The van der Waals surface area contributed by atoms with Crippen LogP contribution in [0.25, 0.3) is 21.5 Å². The fourth-order valence-electron chi connectivity index (χ4n) is 4.62. The van der Waals surface area contributed by atoms with E-state index in [0.717, 1.165) is 32.7 Å². The number of esters is 1. The number of rotatable bonds is 2. The van der Waals surface area contributed by atoms with Crippen molar-refractivity contribution in [3.05, 3.63) is 96.1 Å². The number of benzene rings is 4. The first-order valence-corrected chi connectivity index (χ1v) is 9.38. The summed E-state index contributed by atoms with van der Waals surface area (Å²) in [4.78, 5) is 13.4. The van der Waals surface area contributed by atoms with Crippen LogP contribution in [0.15, 0.2) is 84.9 Å². The molecule has 132 valence electrons. The molecule has 0 amide bonds. The number of hydrogen-bond acceptors (Lipinski definition) is 2. The van der Waals surface area contributed by atoms with Crippen molar-refractivity contribution in [1.82, 2.24) is 0 Å². The van der Waals surface area contributed by atoms with Gasteiger partial charge in [-0.25, -0.2) is 0 Å². The molecule has 0 radical (unpaired) electrons. The molecular weight excluding hydrogens is 332 g/mol. The van der Waals surface area contributed by atoms with Crippen LogP contribution >= 0.6 is 0 Å². The molecule has 0 saturated carbocycles. The summed E-state index contributed by atoms with van der Waals surface area (Å²) < 4.78 is 5.74. The summed E-state index contributed by atoms with van der Waals surface area (Å²) in [7, 11) is 0. The molecule has 1 unspecified atom stereocenters. The van der Waals surface area contributed by atoms with Crippen LogP contribution < -0.4 is 0 Å². The third-order valence-electron chi connectivity index (χ3n) is 5.75. The Morgan fingerprint density at radius 3 is 1.70 bits per heavy atom. The van der Waals surface area contributed by atoms with Gasteiger partial charge in [-0.3, -0.25) is 4.79 Å². The summed E-state index contributed by atoms with van der Waals surface area (Å²) in [5, 5.41) is 4.50. The topological polar surface area (TPSA) is 26.3 Å². The summed E-state index contributed by atoms with van der Waals surface area (Å²) in [6, 6.07) is 29.0. The lowest BCUT2D eigenvalue weighted by atomic mass is 9.69. The van der Waals surface area contributed by atoms with Crippen molar-refractivity contribution in [2.45, 2.75) is 24.9 Å². The lowest BCUT2D eigenvalue weighted by Crippen LogP contribution is -2.33. The van der Waals surface area contributed by atoms with Crippen molar-refractivity contribution >= 4 is 27.5 Å². The van der Waals surface area contributed by atoms with E-state index in [4.69, 9.17) is 4.74 Å². The second-order valence-electron chi connectivity index (χ2n) is 7.38. The molecule has 1 heterocycles. The molecule has 5 rings (SSSR count). The molecule has 4 aromatic rings. The van der Waals surface area contributed by atoms with Gasteiger partial charge in [0.25, 0.3) is 0 Å². The van der Waals surface area contributed by atoms with E-state index in [9.17, 15) is 4.79 Å². The molecule has 0 bridgehead atoms. The minimum Gasteiger partial charge on any atom is -0.462 e. The molecule has 0 N–H and O–H groups in total. The predicted molar refractivity (Wildman–Crippen MR) is 109 cm³/mol. The standard InChI is InChI=1S/C25H20O2/c1-17-16-25(24(26)27-17,22-14-6-10-18-8-2-4-12-20(18)22)23-15-7-11-19-9-3-5-13-21(19)23/h2-15,17H,16H2,1H3. The van der Waals surface area contributed by atoms with Crippen molar-refractivity contribution in [3.8, 4) is 0 Å². The van der Waals surface area contributed by atoms with E-state index in [2.05, 4.69) is 48.5 Å². The molecule has 0 aliphatic carbocycles. The van der Waals surface area contributed by atoms with E-state index < -0.39 is 5.41 Å². The Labute approximate surface area is 158 Å². The summed E-state index contributed by atoms with van der Waals surface area (Å²) in [6.45, 7) is 1.98. The number of cyclic esters (lactones) is 1. The zero-order valence-corrected chi connectivity index (χ0v) is 15.2. The van der Waals surface area contributed by atoms with Gasteiger partial charge in [0.05, 0.1) is 0 Å². The fraction of sp³-hybridized carbons (Fsp3) is 0.160. The van der Waals surface area contributed by atoms with Crippen molar-refractivity contribution in [2.75, 3.05) is 0 Å². The fourth-order valence-corrected chi connectivity index (χ4v) is 4.62. The lowest BCUT2D eigenvalue weighted by Gasteiger charge is -2.29. The van der Waals surface area contributed by atoms with Crippen LogP contribution in [0.1, 0.15) is 24.5 Å². The molecule has 1 aliphatic heterocycles. The highest BCUT2D eigenvalue weighted by atomic mass is 16.6. The average molecular weight is 352 g/mol. The molecule has 27 heavy (non-hydrogen) atoms. The van der Waals surface area contributed by atoms with Gasteiger partial charge in [-0.2, -0.15) is 0 Å². The van der Waals surface area contributed by atoms with Crippen molar-refractivity contribution in [3.63, 3.8) is 0 Å². The lowest BCUT2D eigenvalue weighted by molar-refractivity contribution is -0.144. The van der Waals surface area contributed by atoms with E-state index >= 15 is 0 Å². The molecule has 0 aromatic heterocycles. The maximum atomic E-state index is 13.4. The summed E-state index contributed by atoms with van der Waals surface area (Å²) in [5.41, 5.74) is 1.28. The minimum atomic E-state index is -0.791. The van der Waals surface area contributed by atoms with E-state index in [1.807, 2.05) is 43.3 Å². The summed E-state index contributed by atoms with van der Waals surface area (Å²) in [6.07, 6.45) is 0.531. The van der Waals surface area contributed by atoms with E-state index in [-0.39, 0.29) is 12.1 Å². The van der Waals surface area contributed by atoms with Crippen molar-refractivity contribution in [1.29, 1.82) is 0 Å². The van der Waals surface area contributed by atoms with Gasteiger partial charge in [-0.15, -0.1) is 0 Å². The Balaban J connectivity index is 1.91. The maximum absolute atomic E-state index is 13.4. The van der Waals surface area contributed by atoms with Gasteiger partial charge in [0.2, 0.25) is 0 Å². The zero-order valence-electron chi connectivity index (χ0n) is 15.2. The number of carbonyl (C=O) groups excluding carboxylic acids is 1. The Hall–Kier alpha value is -3.13. The summed E-state index contributed by atoms with van der Waals surface area (Å²) >= 11 is 0. The van der Waals surface area contributed by atoms with E-state index in [0.29, 0.717) is 6.42 Å². The zero-order chi connectivity index (χ0) is 18.4. The van der Waals surface area contributed by atoms with Crippen LogP contribution in [0, 0.1) is 0 Å². The molecule has 1 fully saturated rings. The molecule has 0 spiro atoms. The van der Waals surface area contributed by atoms with Crippen LogP contribution in [0.4, 0.5) is 0 Å². The van der Waals surface area contributed by atoms with Gasteiger partial charge >= 0.3 is 5.97 Å². The van der Waals surface area contributed by atoms with Gasteiger partial charge in [0.15, 0.2) is 0 Å². The molecular formula is C25H20O2. The highest BCUT2D eigenvalue weighted by Crippen LogP contribution is 2.47. The molecule has 2 nitrogen and oxygen atoms in total. The quantitative estimate of drug-likeness (QED) is 0.438. The van der Waals surface area contributed by atoms with Gasteiger partial charge in [-0.1, -0.05) is 84.9 Å². The third kappa shape index (κ3) is 2.30. The first-order chi connectivity index (χ1) is 13.2. The minimum absolute atomic E-state index is 0.115. The SMILES string of the molecule is CC1CC(c2cccc3ccccc23)(c2cccc3ccccc23)C(=O)O1. The highest BCUT2D eigenvalue weighted by Gasteiger charge is 2.51. The predicted octanol–water partition coefficient (Wildman–Crippen LogP) is 5.61. The largest absolute Gasteiger partial charge is 0.462 e. The molecule has 1 saturated heterocycles. The van der Waals surface area contributed by atoms with Crippen LogP contribution in [-0.4, -0.2) is 12.1 Å². The van der Waals surface area contributed by atoms with Crippen LogP contribution in [0.2, 0.25) is 0 Å². The van der Waals surface area contributed by atoms with Crippen molar-refractivity contribution in [2.24, 2.45) is 0 Å². The van der Waals surface area contributed by atoms with Crippen LogP contribution in [0.5, 0.6) is 0 Å². The molecule has 1 aliphatic rings. The number of fused-ring (bicyclic) bond motifs is 2. The van der Waals surface area contributed by atoms with Crippen LogP contribution in [0.3, 0.4) is 0 Å². The van der Waals surface area contributed by atoms with E-state index in [1.54, 1.807) is 0 Å². The van der Waals surface area contributed by atoms with E-state index in [1.165, 1.54) is 0 Å². The van der Waals surface area contributed by atoms with Gasteiger partial charge in [-0.05, 0) is 39.6 Å². The molecule has 2 heteroatoms. The summed E-state index contributed by atoms with van der Waals surface area (Å²) in [5.74, 6) is -0.150.